The van der Waals surface area contributed by atoms with E-state index >= 15 is 0 Å². The van der Waals surface area contributed by atoms with E-state index in [4.69, 9.17) is 14.2 Å². The summed E-state index contributed by atoms with van der Waals surface area (Å²) >= 11 is 0. The molecule has 0 aromatic heterocycles. The van der Waals surface area contributed by atoms with Crippen molar-refractivity contribution in [1.82, 2.24) is 10.2 Å². The number of methoxy groups -OCH3 is 1. The largest absolute Gasteiger partial charge is 0.508 e. The van der Waals surface area contributed by atoms with Gasteiger partial charge in [0, 0.05) is 24.0 Å². The van der Waals surface area contributed by atoms with Gasteiger partial charge in [-0.15, -0.1) is 0 Å². The molecule has 0 spiro atoms. The average molecular weight is 551 g/mol. The van der Waals surface area contributed by atoms with E-state index in [0.29, 0.717) is 35.9 Å². The Morgan fingerprint density at radius 1 is 1.02 bits per heavy atom. The fourth-order valence-electron chi connectivity index (χ4n) is 4.59. The molecule has 0 radical (unpaired) electrons. The Kier molecular flexibility index (Phi) is 8.37. The zero-order chi connectivity index (χ0) is 29.0. The third kappa shape index (κ3) is 6.74. The van der Waals surface area contributed by atoms with Crippen LogP contribution >= 0.6 is 0 Å². The molecule has 40 heavy (non-hydrogen) atoms. The number of nitrogens with one attached hydrogen (secondary N) is 1. The summed E-state index contributed by atoms with van der Waals surface area (Å²) in [6.45, 7) is 5.68. The van der Waals surface area contributed by atoms with Gasteiger partial charge in [0.25, 0.3) is 5.91 Å². The topological polar surface area (TPSA) is 135 Å². The standard InChI is InChI=1S/C30H34N2O8/c1-30(2,3)40-29(37)32-14-6-9-26(23(17-32)31-27(35)18-10-12-20(33)13-11-18)39-28(36)22-15-19-7-5-8-25(38-4)21(19)16-24(22)34/h5,7-8,10-13,15-16,23,26,33-34H,6,9,14,17H2,1-4H3,(H,31,35)/t23-,26-/m1/s1. The number of fused-ring (bicyclic) bond motifs is 1. The van der Waals surface area contributed by atoms with E-state index < -0.39 is 35.7 Å². The van der Waals surface area contributed by atoms with Crippen LogP contribution < -0.4 is 10.1 Å². The van der Waals surface area contributed by atoms with Gasteiger partial charge in [0.05, 0.1) is 13.2 Å². The third-order valence-corrected chi connectivity index (χ3v) is 6.54. The maximum atomic E-state index is 13.3. The minimum Gasteiger partial charge on any atom is -0.508 e. The van der Waals surface area contributed by atoms with E-state index in [2.05, 4.69) is 5.32 Å². The average Bonchev–Trinajstić information content (AvgIpc) is 3.09. The number of carbonyl (C=O) groups is 3. The van der Waals surface area contributed by atoms with Crippen LogP contribution in [0.25, 0.3) is 10.8 Å². The van der Waals surface area contributed by atoms with Gasteiger partial charge in [-0.25, -0.2) is 9.59 Å². The van der Waals surface area contributed by atoms with Crippen molar-refractivity contribution < 1.29 is 38.8 Å². The molecular formula is C30H34N2O8. The number of rotatable bonds is 5. The lowest BCUT2D eigenvalue weighted by Gasteiger charge is -2.30. The van der Waals surface area contributed by atoms with Gasteiger partial charge in [0.15, 0.2) is 0 Å². The normalized spacial score (nSPS) is 17.6. The maximum Gasteiger partial charge on any atom is 0.410 e. The van der Waals surface area contributed by atoms with Gasteiger partial charge in [-0.05, 0) is 81.5 Å². The number of carbonyl (C=O) groups excluding carboxylic acids is 3. The SMILES string of the molecule is COc1cccc2cc(C(=O)O[C@@H]3CCCN(C(=O)OC(C)(C)C)C[C@H]3NC(=O)c3ccc(O)cc3)c(O)cc12. The van der Waals surface area contributed by atoms with Crippen molar-refractivity contribution >= 4 is 28.7 Å². The Labute approximate surface area is 232 Å². The number of aromatic hydroxyl groups is 2. The lowest BCUT2D eigenvalue weighted by molar-refractivity contribution is 0.0126. The second-order valence-corrected chi connectivity index (χ2v) is 10.7. The van der Waals surface area contributed by atoms with Gasteiger partial charge in [-0.3, -0.25) is 4.79 Å². The zero-order valence-electron chi connectivity index (χ0n) is 23.0. The molecule has 2 atom stereocenters. The number of phenolic OH excluding ortho intramolecular Hbond substituents is 2. The highest BCUT2D eigenvalue weighted by Gasteiger charge is 2.35. The van der Waals surface area contributed by atoms with E-state index in [1.165, 1.54) is 48.4 Å². The van der Waals surface area contributed by atoms with Gasteiger partial charge < -0.3 is 34.6 Å². The van der Waals surface area contributed by atoms with Crippen LogP contribution in [0.4, 0.5) is 4.79 Å². The predicted molar refractivity (Wildman–Crippen MR) is 148 cm³/mol. The van der Waals surface area contributed by atoms with Crippen molar-refractivity contribution in [2.24, 2.45) is 0 Å². The number of hydrogen-bond donors (Lipinski definition) is 3. The highest BCUT2D eigenvalue weighted by atomic mass is 16.6. The number of nitrogens with zero attached hydrogens (tertiary/aromatic N) is 1. The van der Waals surface area contributed by atoms with Crippen LogP contribution in [-0.2, 0) is 9.47 Å². The monoisotopic (exact) mass is 550 g/mol. The molecule has 0 unspecified atom stereocenters. The van der Waals surface area contributed by atoms with Crippen molar-refractivity contribution in [1.29, 1.82) is 0 Å². The van der Waals surface area contributed by atoms with Crippen LogP contribution in [0.3, 0.4) is 0 Å². The van der Waals surface area contributed by atoms with E-state index in [0.717, 1.165) is 0 Å². The van der Waals surface area contributed by atoms with Crippen LogP contribution in [0.5, 0.6) is 17.2 Å². The van der Waals surface area contributed by atoms with E-state index in [1.807, 2.05) is 0 Å². The van der Waals surface area contributed by atoms with Crippen LogP contribution in [-0.4, -0.2) is 71.0 Å². The molecule has 3 aromatic carbocycles. The number of likely N-dealkylation sites (tertiary alicyclic amines) is 1. The maximum absolute atomic E-state index is 13.3. The molecule has 1 aliphatic heterocycles. The molecule has 1 heterocycles. The first kappa shape index (κ1) is 28.5. The summed E-state index contributed by atoms with van der Waals surface area (Å²) in [5.41, 5.74) is -0.453. The fraction of sp³-hybridized carbons (Fsp3) is 0.367. The molecule has 4 rings (SSSR count). The molecule has 0 aliphatic carbocycles. The van der Waals surface area contributed by atoms with Crippen LogP contribution in [0.1, 0.15) is 54.3 Å². The number of benzene rings is 3. The summed E-state index contributed by atoms with van der Waals surface area (Å²) in [6, 6.07) is 13.2. The summed E-state index contributed by atoms with van der Waals surface area (Å²) < 4.78 is 16.8. The van der Waals surface area contributed by atoms with Crippen molar-refractivity contribution in [3.8, 4) is 17.2 Å². The Morgan fingerprint density at radius 2 is 1.75 bits per heavy atom. The zero-order valence-corrected chi connectivity index (χ0v) is 23.0. The minimum atomic E-state index is -0.804. The molecule has 1 aliphatic rings. The number of hydrogen-bond acceptors (Lipinski definition) is 8. The first-order valence-corrected chi connectivity index (χ1v) is 13.0. The summed E-state index contributed by atoms with van der Waals surface area (Å²) in [7, 11) is 1.52. The number of esters is 1. The van der Waals surface area contributed by atoms with Crippen molar-refractivity contribution in [3.63, 3.8) is 0 Å². The highest BCUT2D eigenvalue weighted by Crippen LogP contribution is 2.32. The smallest absolute Gasteiger partial charge is 0.410 e. The second kappa shape index (κ2) is 11.7. The highest BCUT2D eigenvalue weighted by molar-refractivity contribution is 6.00. The molecule has 1 fully saturated rings. The Bertz CT molecular complexity index is 1400. The van der Waals surface area contributed by atoms with E-state index in [9.17, 15) is 24.6 Å². The lowest BCUT2D eigenvalue weighted by Crippen LogP contribution is -2.51. The summed E-state index contributed by atoms with van der Waals surface area (Å²) in [5, 5.41) is 24.5. The Morgan fingerprint density at radius 3 is 2.42 bits per heavy atom. The van der Waals surface area contributed by atoms with Gasteiger partial charge in [-0.2, -0.15) is 0 Å². The van der Waals surface area contributed by atoms with Crippen LogP contribution in [0, 0.1) is 0 Å². The first-order chi connectivity index (χ1) is 18.9. The number of phenols is 2. The molecule has 3 aromatic rings. The molecule has 3 N–H and O–H groups in total. The van der Waals surface area contributed by atoms with Gasteiger partial charge in [-0.1, -0.05) is 12.1 Å². The third-order valence-electron chi connectivity index (χ3n) is 6.54. The summed E-state index contributed by atoms with van der Waals surface area (Å²) in [6.07, 6.45) is -0.497. The first-order valence-electron chi connectivity index (χ1n) is 13.0. The van der Waals surface area contributed by atoms with Crippen molar-refractivity contribution in [2.75, 3.05) is 20.2 Å². The second-order valence-electron chi connectivity index (χ2n) is 10.7. The van der Waals surface area contributed by atoms with Gasteiger partial charge in [0.1, 0.15) is 34.5 Å². The van der Waals surface area contributed by atoms with Crippen molar-refractivity contribution in [2.45, 2.75) is 51.4 Å². The fourth-order valence-corrected chi connectivity index (χ4v) is 4.59. The molecular weight excluding hydrogens is 516 g/mol. The molecule has 0 saturated carbocycles. The van der Waals surface area contributed by atoms with Gasteiger partial charge >= 0.3 is 12.1 Å². The molecule has 0 bridgehead atoms. The molecule has 212 valence electrons. The minimum absolute atomic E-state index is 0.0155. The Balaban J connectivity index is 1.60. The van der Waals surface area contributed by atoms with Crippen LogP contribution in [0.2, 0.25) is 0 Å². The van der Waals surface area contributed by atoms with E-state index in [-0.39, 0.29) is 29.2 Å². The summed E-state index contributed by atoms with van der Waals surface area (Å²) in [4.78, 5) is 40.8. The number of ether oxygens (including phenoxy) is 3. The molecule has 10 heteroatoms. The quantitative estimate of drug-likeness (QED) is 0.392. The predicted octanol–water partition coefficient (Wildman–Crippen LogP) is 4.61. The van der Waals surface area contributed by atoms with Crippen molar-refractivity contribution in [3.05, 3.63) is 65.7 Å². The summed E-state index contributed by atoms with van der Waals surface area (Å²) in [5.74, 6) is -0.923. The Hall–Kier alpha value is -4.47. The lowest BCUT2D eigenvalue weighted by atomic mass is 10.0. The molecule has 10 nitrogen and oxygen atoms in total. The van der Waals surface area contributed by atoms with Gasteiger partial charge in [0.2, 0.25) is 0 Å². The molecule has 2 amide bonds. The number of amides is 2. The van der Waals surface area contributed by atoms with Crippen LogP contribution in [0.15, 0.2) is 54.6 Å². The van der Waals surface area contributed by atoms with E-state index in [1.54, 1.807) is 39.0 Å². The molecule has 1 saturated heterocycles.